The number of ether oxygens (including phenoxy) is 1. The van der Waals surface area contributed by atoms with Crippen molar-refractivity contribution in [3.8, 4) is 0 Å². The van der Waals surface area contributed by atoms with Crippen LogP contribution in [0.15, 0.2) is 0 Å². The van der Waals surface area contributed by atoms with E-state index in [9.17, 15) is 36.6 Å². The van der Waals surface area contributed by atoms with E-state index >= 15 is 0 Å². The van der Waals surface area contributed by atoms with Gasteiger partial charge in [-0.25, -0.2) is 0 Å². The van der Waals surface area contributed by atoms with Crippen LogP contribution in [-0.4, -0.2) is 40.1 Å². The van der Waals surface area contributed by atoms with Gasteiger partial charge in [-0.1, -0.05) is 20.8 Å². The first-order chi connectivity index (χ1) is 11.4. The first kappa shape index (κ1) is 21.8. The first-order valence-electron chi connectivity index (χ1n) is 8.62. The van der Waals surface area contributed by atoms with Crippen LogP contribution in [0.25, 0.3) is 0 Å². The van der Waals surface area contributed by atoms with Crippen LogP contribution in [0, 0.1) is 29.1 Å². The summed E-state index contributed by atoms with van der Waals surface area (Å²) < 4.78 is 83.8. The van der Waals surface area contributed by atoms with Crippen molar-refractivity contribution in [2.45, 2.75) is 77.3 Å². The number of alkyl halides is 6. The average Bonchev–Trinajstić information content (AvgIpc) is 2.92. The molecule has 0 spiro atoms. The van der Waals surface area contributed by atoms with Gasteiger partial charge >= 0.3 is 12.4 Å². The Morgan fingerprint density at radius 1 is 1.00 bits per heavy atom. The zero-order chi connectivity index (χ0) is 20.5. The number of halogens is 6. The summed E-state index contributed by atoms with van der Waals surface area (Å²) in [6, 6.07) is 0. The zero-order valence-corrected chi connectivity index (χ0v) is 15.4. The van der Waals surface area contributed by atoms with Gasteiger partial charge in [0.1, 0.15) is 5.60 Å². The van der Waals surface area contributed by atoms with Gasteiger partial charge in [-0.2, -0.15) is 26.3 Å². The van der Waals surface area contributed by atoms with Crippen LogP contribution in [0.1, 0.15) is 47.5 Å². The van der Waals surface area contributed by atoms with Crippen LogP contribution < -0.4 is 0 Å². The molecule has 0 saturated heterocycles. The van der Waals surface area contributed by atoms with Crippen molar-refractivity contribution in [3.05, 3.63) is 0 Å². The summed E-state index contributed by atoms with van der Waals surface area (Å²) in [5, 5.41) is 20.1. The third-order valence-corrected chi connectivity index (χ3v) is 6.98. The van der Waals surface area contributed by atoms with Crippen molar-refractivity contribution < 1.29 is 41.3 Å². The predicted octanol–water partition coefficient (Wildman–Crippen LogP) is 4.27. The molecule has 0 heterocycles. The van der Waals surface area contributed by atoms with Gasteiger partial charge in [-0.15, -0.1) is 0 Å². The minimum absolute atomic E-state index is 0.0711. The van der Waals surface area contributed by atoms with Crippen LogP contribution in [-0.2, 0) is 4.74 Å². The molecule has 2 fully saturated rings. The quantitative estimate of drug-likeness (QED) is 0.555. The average molecular weight is 392 g/mol. The van der Waals surface area contributed by atoms with Gasteiger partial charge in [-0.3, -0.25) is 0 Å². The molecule has 0 aliphatic heterocycles. The second-order valence-corrected chi connectivity index (χ2v) is 8.72. The summed E-state index contributed by atoms with van der Waals surface area (Å²) in [4.78, 5) is 0. The summed E-state index contributed by atoms with van der Waals surface area (Å²) in [5.74, 6) is 0.712. The van der Waals surface area contributed by atoms with E-state index < -0.39 is 35.3 Å². The summed E-state index contributed by atoms with van der Waals surface area (Å²) in [7, 11) is 0. The lowest BCUT2D eigenvalue weighted by Crippen LogP contribution is -2.70. The van der Waals surface area contributed by atoms with E-state index in [1.807, 2.05) is 6.92 Å². The van der Waals surface area contributed by atoms with Gasteiger partial charge in [0.15, 0.2) is 6.29 Å². The van der Waals surface area contributed by atoms with Crippen molar-refractivity contribution in [1.82, 2.24) is 0 Å². The molecule has 154 valence electrons. The number of hydrogen-bond donors (Lipinski definition) is 2. The van der Waals surface area contributed by atoms with Gasteiger partial charge in [0.05, 0.1) is 0 Å². The van der Waals surface area contributed by atoms with Crippen molar-refractivity contribution >= 4 is 0 Å². The SMILES string of the molecule is CC1C2CC(C1C)C(C)(C(O)OC(C)(C)C(O)(C(F)(F)F)C(F)(F)F)C2. The van der Waals surface area contributed by atoms with Crippen LogP contribution in [0.4, 0.5) is 26.3 Å². The minimum Gasteiger partial charge on any atom is -0.371 e. The predicted molar refractivity (Wildman–Crippen MR) is 80.9 cm³/mol. The number of aliphatic hydroxyl groups excluding tert-OH is 1. The topological polar surface area (TPSA) is 49.7 Å². The van der Waals surface area contributed by atoms with Crippen molar-refractivity contribution in [2.24, 2.45) is 29.1 Å². The fraction of sp³-hybridized carbons (Fsp3) is 1.00. The standard InChI is InChI=1S/C17H26F6O3/c1-8-9(2)11-6-10(8)7-14(11,5)12(24)26-13(3,4)15(25,16(18,19)20)17(21,22)23/h8-12,24-25H,6-7H2,1-5H3. The molecule has 6 atom stereocenters. The third kappa shape index (κ3) is 2.85. The molecule has 2 bridgehead atoms. The van der Waals surface area contributed by atoms with Gasteiger partial charge in [0.25, 0.3) is 5.60 Å². The monoisotopic (exact) mass is 392 g/mol. The fourth-order valence-corrected chi connectivity index (χ4v) is 5.03. The lowest BCUT2D eigenvalue weighted by molar-refractivity contribution is -0.427. The Morgan fingerprint density at radius 2 is 1.46 bits per heavy atom. The summed E-state index contributed by atoms with van der Waals surface area (Å²) in [5.41, 5.74) is -9.21. The van der Waals surface area contributed by atoms with Crippen LogP contribution in [0.2, 0.25) is 0 Å². The Morgan fingerprint density at radius 3 is 1.81 bits per heavy atom. The van der Waals surface area contributed by atoms with Crippen LogP contribution in [0.5, 0.6) is 0 Å². The molecule has 0 amide bonds. The molecule has 2 rings (SSSR count). The molecule has 0 radical (unpaired) electrons. The van der Waals surface area contributed by atoms with Crippen LogP contribution in [0.3, 0.4) is 0 Å². The van der Waals surface area contributed by atoms with E-state index in [1.54, 1.807) is 6.92 Å². The molecule has 2 aliphatic rings. The third-order valence-electron chi connectivity index (χ3n) is 6.98. The van der Waals surface area contributed by atoms with Crippen molar-refractivity contribution in [2.75, 3.05) is 0 Å². The maximum Gasteiger partial charge on any atom is 0.429 e. The molecule has 0 aromatic carbocycles. The summed E-state index contributed by atoms with van der Waals surface area (Å²) in [6.07, 6.45) is -12.7. The van der Waals surface area contributed by atoms with E-state index in [2.05, 4.69) is 6.92 Å². The molecule has 9 heteroatoms. The van der Waals surface area contributed by atoms with E-state index in [1.165, 1.54) is 0 Å². The molecule has 2 saturated carbocycles. The Labute approximate surface area is 148 Å². The molecule has 0 aromatic heterocycles. The van der Waals surface area contributed by atoms with Crippen molar-refractivity contribution in [3.63, 3.8) is 0 Å². The first-order valence-corrected chi connectivity index (χ1v) is 8.62. The Hall–Kier alpha value is -0.540. The maximum atomic E-state index is 13.2. The Balaban J connectivity index is 2.31. The highest BCUT2D eigenvalue weighted by atomic mass is 19.4. The number of aliphatic hydroxyl groups is 2. The smallest absolute Gasteiger partial charge is 0.371 e. The van der Waals surface area contributed by atoms with E-state index in [0.29, 0.717) is 26.2 Å². The fourth-order valence-electron chi connectivity index (χ4n) is 5.03. The molecule has 2 N–H and O–H groups in total. The van der Waals surface area contributed by atoms with E-state index in [0.717, 1.165) is 6.42 Å². The molecular formula is C17H26F6O3. The van der Waals surface area contributed by atoms with Gasteiger partial charge < -0.3 is 14.9 Å². The molecule has 2 aliphatic carbocycles. The number of hydrogen-bond acceptors (Lipinski definition) is 3. The molecule has 0 aromatic rings. The van der Waals surface area contributed by atoms with Crippen LogP contribution >= 0.6 is 0 Å². The summed E-state index contributed by atoms with van der Waals surface area (Å²) >= 11 is 0. The highest BCUT2D eigenvalue weighted by Crippen LogP contribution is 2.63. The highest BCUT2D eigenvalue weighted by Gasteiger charge is 2.78. The number of rotatable bonds is 4. The largest absolute Gasteiger partial charge is 0.429 e. The van der Waals surface area contributed by atoms with Gasteiger partial charge in [-0.05, 0) is 50.4 Å². The van der Waals surface area contributed by atoms with E-state index in [-0.39, 0.29) is 17.8 Å². The van der Waals surface area contributed by atoms with E-state index in [4.69, 9.17) is 4.74 Å². The Kier molecular flexibility index (Phi) is 5.00. The highest BCUT2D eigenvalue weighted by molar-refractivity contribution is 5.09. The lowest BCUT2D eigenvalue weighted by Gasteiger charge is -2.49. The second kappa shape index (κ2) is 5.98. The molecular weight excluding hydrogens is 366 g/mol. The minimum atomic E-state index is -6.02. The van der Waals surface area contributed by atoms with Gasteiger partial charge in [0, 0.05) is 5.41 Å². The van der Waals surface area contributed by atoms with Crippen molar-refractivity contribution in [1.29, 1.82) is 0 Å². The Bertz CT molecular complexity index is 528. The normalized spacial score (nSPS) is 37.3. The lowest BCUT2D eigenvalue weighted by atomic mass is 9.66. The zero-order valence-electron chi connectivity index (χ0n) is 15.4. The number of fused-ring (bicyclic) bond motifs is 2. The second-order valence-electron chi connectivity index (χ2n) is 8.72. The summed E-state index contributed by atoms with van der Waals surface area (Å²) in [6.45, 7) is 6.64. The maximum absolute atomic E-state index is 13.2. The van der Waals surface area contributed by atoms with Gasteiger partial charge in [0.2, 0.25) is 0 Å². The molecule has 6 unspecified atom stereocenters. The molecule has 3 nitrogen and oxygen atoms in total. The molecule has 26 heavy (non-hydrogen) atoms.